The second-order valence-corrected chi connectivity index (χ2v) is 9.15. The second kappa shape index (κ2) is 9.18. The number of fused-ring (bicyclic) bond motifs is 1. The van der Waals surface area contributed by atoms with Crippen molar-refractivity contribution in [2.75, 3.05) is 16.2 Å². The molecule has 3 aromatic rings. The van der Waals surface area contributed by atoms with Crippen molar-refractivity contribution in [3.8, 4) is 0 Å². The van der Waals surface area contributed by atoms with Crippen molar-refractivity contribution in [2.45, 2.75) is 31.8 Å². The van der Waals surface area contributed by atoms with Gasteiger partial charge >= 0.3 is 5.97 Å². The summed E-state index contributed by atoms with van der Waals surface area (Å²) in [6.45, 7) is 4.31. The Morgan fingerprint density at radius 1 is 0.968 bits per heavy atom. The van der Waals surface area contributed by atoms with Gasteiger partial charge in [-0.1, -0.05) is 30.3 Å². The number of nitrogens with one attached hydrogen (secondary N) is 1. The Morgan fingerprint density at radius 2 is 1.61 bits per heavy atom. The summed E-state index contributed by atoms with van der Waals surface area (Å²) in [6.07, 6.45) is -0.370. The minimum Gasteiger partial charge on any atom is -0.462 e. The Kier molecular flexibility index (Phi) is 6.60. The molecule has 0 atom stereocenters. The van der Waals surface area contributed by atoms with Crippen molar-refractivity contribution < 1.29 is 22.7 Å². The number of anilines is 2. The number of ether oxygens (including phenoxy) is 1. The number of carbonyl (C=O) groups excluding carboxylic acids is 2. The van der Waals surface area contributed by atoms with E-state index >= 15 is 0 Å². The lowest BCUT2D eigenvalue weighted by atomic mass is 10.1. The van der Waals surface area contributed by atoms with Crippen molar-refractivity contribution >= 4 is 44.0 Å². The van der Waals surface area contributed by atoms with E-state index in [-0.39, 0.29) is 16.9 Å². The quantitative estimate of drug-likeness (QED) is 0.562. The monoisotopic (exact) mass is 440 g/mol. The van der Waals surface area contributed by atoms with Gasteiger partial charge in [0, 0.05) is 12.6 Å². The molecule has 7 nitrogen and oxygen atoms in total. The van der Waals surface area contributed by atoms with Crippen LogP contribution in [0.25, 0.3) is 10.8 Å². The zero-order valence-electron chi connectivity index (χ0n) is 17.5. The van der Waals surface area contributed by atoms with Gasteiger partial charge in [0.05, 0.1) is 16.7 Å². The van der Waals surface area contributed by atoms with Crippen LogP contribution in [0.15, 0.2) is 71.6 Å². The number of carbonyl (C=O) groups is 2. The molecule has 1 amide bonds. The summed E-state index contributed by atoms with van der Waals surface area (Å²) >= 11 is 0. The number of esters is 1. The summed E-state index contributed by atoms with van der Waals surface area (Å²) in [6, 6.07) is 18.5. The Balaban J connectivity index is 2.03. The average molecular weight is 441 g/mol. The van der Waals surface area contributed by atoms with Gasteiger partial charge in [0.15, 0.2) is 0 Å². The first-order chi connectivity index (χ1) is 14.7. The van der Waals surface area contributed by atoms with Gasteiger partial charge in [-0.05, 0) is 61.0 Å². The number of benzene rings is 3. The first kappa shape index (κ1) is 22.3. The third-order valence-corrected chi connectivity index (χ3v) is 6.21. The highest BCUT2D eigenvalue weighted by molar-refractivity contribution is 7.92. The van der Waals surface area contributed by atoms with E-state index in [2.05, 4.69) is 5.32 Å². The molecular formula is C23H24N2O5S. The molecule has 0 spiro atoms. The van der Waals surface area contributed by atoms with Gasteiger partial charge in [0.1, 0.15) is 6.54 Å². The van der Waals surface area contributed by atoms with Crippen molar-refractivity contribution in [2.24, 2.45) is 0 Å². The number of amides is 1. The standard InChI is InChI=1S/C23H24N2O5S/c1-16(2)30-23(27)15-25(21-11-8-18-6-4-5-7-19(18)14-21)31(28,29)22-12-9-20(10-13-22)24-17(3)26/h4-14,16H,15H2,1-3H3,(H,24,26). The van der Waals surface area contributed by atoms with Crippen LogP contribution >= 0.6 is 0 Å². The maximum absolute atomic E-state index is 13.5. The van der Waals surface area contributed by atoms with Crippen LogP contribution in [0.3, 0.4) is 0 Å². The molecule has 0 aliphatic heterocycles. The highest BCUT2D eigenvalue weighted by Crippen LogP contribution is 2.28. The lowest BCUT2D eigenvalue weighted by Gasteiger charge is -2.24. The SMILES string of the molecule is CC(=O)Nc1ccc(S(=O)(=O)N(CC(=O)OC(C)C)c2ccc3ccccc3c2)cc1. The molecule has 0 fully saturated rings. The molecule has 0 bridgehead atoms. The van der Waals surface area contributed by atoms with E-state index in [1.807, 2.05) is 24.3 Å². The maximum atomic E-state index is 13.5. The number of rotatable bonds is 7. The largest absolute Gasteiger partial charge is 0.462 e. The molecule has 0 unspecified atom stereocenters. The molecule has 0 heterocycles. The molecular weight excluding hydrogens is 416 g/mol. The third-order valence-electron chi connectivity index (χ3n) is 4.42. The summed E-state index contributed by atoms with van der Waals surface area (Å²) < 4.78 is 33.1. The molecule has 162 valence electrons. The minimum absolute atomic E-state index is 0.00731. The summed E-state index contributed by atoms with van der Waals surface area (Å²) in [4.78, 5) is 23.6. The highest BCUT2D eigenvalue weighted by atomic mass is 32.2. The highest BCUT2D eigenvalue weighted by Gasteiger charge is 2.28. The molecule has 3 rings (SSSR count). The fourth-order valence-corrected chi connectivity index (χ4v) is 4.51. The molecule has 0 aliphatic rings. The van der Waals surface area contributed by atoms with Gasteiger partial charge in [0.2, 0.25) is 5.91 Å². The number of hydrogen-bond acceptors (Lipinski definition) is 5. The van der Waals surface area contributed by atoms with Crippen LogP contribution in [-0.2, 0) is 24.3 Å². The molecule has 0 aromatic heterocycles. The lowest BCUT2D eigenvalue weighted by molar-refractivity contribution is -0.145. The van der Waals surface area contributed by atoms with Crippen LogP contribution in [0.4, 0.5) is 11.4 Å². The Hall–Kier alpha value is -3.39. The van der Waals surface area contributed by atoms with E-state index in [1.165, 1.54) is 31.2 Å². The maximum Gasteiger partial charge on any atom is 0.327 e. The summed E-state index contributed by atoms with van der Waals surface area (Å²) in [5, 5.41) is 4.39. The Labute approximate surface area is 181 Å². The van der Waals surface area contributed by atoms with Gasteiger partial charge in [-0.25, -0.2) is 8.42 Å². The molecule has 31 heavy (non-hydrogen) atoms. The number of hydrogen-bond donors (Lipinski definition) is 1. The van der Waals surface area contributed by atoms with E-state index in [4.69, 9.17) is 4.74 Å². The topological polar surface area (TPSA) is 92.8 Å². The molecule has 0 saturated carbocycles. The normalized spacial score (nSPS) is 11.4. The molecule has 0 aliphatic carbocycles. The van der Waals surface area contributed by atoms with Crippen LogP contribution in [0, 0.1) is 0 Å². The molecule has 1 N–H and O–H groups in total. The first-order valence-electron chi connectivity index (χ1n) is 9.75. The predicted octanol–water partition coefficient (Wildman–Crippen LogP) is 3.95. The fourth-order valence-electron chi connectivity index (χ4n) is 3.11. The van der Waals surface area contributed by atoms with Crippen molar-refractivity contribution in [3.05, 3.63) is 66.7 Å². The van der Waals surface area contributed by atoms with Crippen LogP contribution in [0.1, 0.15) is 20.8 Å². The second-order valence-electron chi connectivity index (χ2n) is 7.29. The number of nitrogens with zero attached hydrogens (tertiary/aromatic N) is 1. The smallest absolute Gasteiger partial charge is 0.327 e. The average Bonchev–Trinajstić information content (AvgIpc) is 2.71. The van der Waals surface area contributed by atoms with Crippen LogP contribution < -0.4 is 9.62 Å². The minimum atomic E-state index is -4.08. The van der Waals surface area contributed by atoms with E-state index in [0.29, 0.717) is 11.4 Å². The van der Waals surface area contributed by atoms with Crippen molar-refractivity contribution in [3.63, 3.8) is 0 Å². The van der Waals surface area contributed by atoms with Gasteiger partial charge in [-0.3, -0.25) is 13.9 Å². The number of sulfonamides is 1. The van der Waals surface area contributed by atoms with E-state index in [9.17, 15) is 18.0 Å². The van der Waals surface area contributed by atoms with E-state index in [1.54, 1.807) is 32.0 Å². The van der Waals surface area contributed by atoms with Crippen molar-refractivity contribution in [1.29, 1.82) is 0 Å². The van der Waals surface area contributed by atoms with Gasteiger partial charge in [-0.15, -0.1) is 0 Å². The Bertz CT molecular complexity index is 1200. The zero-order valence-corrected chi connectivity index (χ0v) is 18.3. The predicted molar refractivity (Wildman–Crippen MR) is 120 cm³/mol. The van der Waals surface area contributed by atoms with Gasteiger partial charge in [-0.2, -0.15) is 0 Å². The summed E-state index contributed by atoms with van der Waals surface area (Å²) in [5.74, 6) is -0.911. The molecule has 3 aromatic carbocycles. The van der Waals surface area contributed by atoms with E-state index in [0.717, 1.165) is 15.1 Å². The van der Waals surface area contributed by atoms with Crippen molar-refractivity contribution in [1.82, 2.24) is 0 Å². The lowest BCUT2D eigenvalue weighted by Crippen LogP contribution is -2.37. The molecule has 0 saturated heterocycles. The fraction of sp³-hybridized carbons (Fsp3) is 0.217. The molecule has 8 heteroatoms. The third kappa shape index (κ3) is 5.40. The Morgan fingerprint density at radius 3 is 2.23 bits per heavy atom. The zero-order chi connectivity index (χ0) is 22.6. The van der Waals surface area contributed by atoms with Crippen LogP contribution in [0.5, 0.6) is 0 Å². The van der Waals surface area contributed by atoms with Crippen LogP contribution in [0.2, 0.25) is 0 Å². The summed E-state index contributed by atoms with van der Waals surface area (Å²) in [5.41, 5.74) is 0.827. The van der Waals surface area contributed by atoms with Crippen LogP contribution in [-0.4, -0.2) is 32.9 Å². The van der Waals surface area contributed by atoms with E-state index < -0.39 is 22.5 Å². The van der Waals surface area contributed by atoms with Gasteiger partial charge in [0.25, 0.3) is 10.0 Å². The first-order valence-corrected chi connectivity index (χ1v) is 11.2. The van der Waals surface area contributed by atoms with Gasteiger partial charge < -0.3 is 10.1 Å². The molecule has 0 radical (unpaired) electrons. The summed E-state index contributed by atoms with van der Waals surface area (Å²) in [7, 11) is -4.08.